The molecule has 6 rings (SSSR count). The fourth-order valence-electron chi connectivity index (χ4n) is 6.47. The number of rotatable bonds is 4. The highest BCUT2D eigenvalue weighted by atomic mass is 32.1. The fraction of sp³-hybridized carbons (Fsp3) is 0.810. The Morgan fingerprint density at radius 2 is 1.78 bits per heavy atom. The van der Waals surface area contributed by atoms with E-state index in [9.17, 15) is 9.90 Å². The van der Waals surface area contributed by atoms with E-state index in [0.717, 1.165) is 53.7 Å². The van der Waals surface area contributed by atoms with Gasteiger partial charge in [-0.1, -0.05) is 30.6 Å². The summed E-state index contributed by atoms with van der Waals surface area (Å²) in [5, 5.41) is 14.9. The van der Waals surface area contributed by atoms with Gasteiger partial charge >= 0.3 is 0 Å². The summed E-state index contributed by atoms with van der Waals surface area (Å²) < 4.78 is 0. The maximum Gasteiger partial charge on any atom is 0.228 e. The Balaban J connectivity index is 1.25. The van der Waals surface area contributed by atoms with Crippen LogP contribution < -0.4 is 5.32 Å². The summed E-state index contributed by atoms with van der Waals surface area (Å²) in [5.74, 6) is 2.74. The Hall–Kier alpha value is -1.30. The molecular formula is C21H31N3O2S. The second-order valence-corrected chi connectivity index (χ2v) is 10.5. The first-order chi connectivity index (χ1) is 13.1. The lowest BCUT2D eigenvalue weighted by atomic mass is 9.80. The summed E-state index contributed by atoms with van der Waals surface area (Å²) in [7, 11) is 0. The Kier molecular flexibility index (Phi) is 4.57. The van der Waals surface area contributed by atoms with Gasteiger partial charge in [-0.2, -0.15) is 4.98 Å². The molecule has 0 radical (unpaired) electrons. The largest absolute Gasteiger partial charge is 0.492 e. The summed E-state index contributed by atoms with van der Waals surface area (Å²) in [6.45, 7) is 1.72. The number of thiazole rings is 1. The highest BCUT2D eigenvalue weighted by Gasteiger charge is 2.58. The van der Waals surface area contributed by atoms with E-state index >= 15 is 0 Å². The van der Waals surface area contributed by atoms with Crippen LogP contribution >= 0.6 is 11.3 Å². The average Bonchev–Trinajstić information content (AvgIpc) is 3.12. The number of likely N-dealkylation sites (tertiary alicyclic amines) is 1. The predicted octanol–water partition coefficient (Wildman–Crippen LogP) is 4.17. The van der Waals surface area contributed by atoms with Gasteiger partial charge in [0, 0.05) is 18.6 Å². The molecule has 5 nitrogen and oxygen atoms in total. The minimum Gasteiger partial charge on any atom is -0.492 e. The molecule has 1 amide bonds. The number of hydrogen-bond acceptors (Lipinski definition) is 5. The van der Waals surface area contributed by atoms with Crippen molar-refractivity contribution in [3.63, 3.8) is 0 Å². The van der Waals surface area contributed by atoms with Gasteiger partial charge in [0.05, 0.1) is 11.3 Å². The quantitative estimate of drug-likeness (QED) is 0.811. The Morgan fingerprint density at radius 1 is 1.11 bits per heavy atom. The van der Waals surface area contributed by atoms with Crippen LogP contribution in [0.2, 0.25) is 0 Å². The number of aromatic hydroxyl groups is 1. The van der Waals surface area contributed by atoms with Crippen molar-refractivity contribution in [1.29, 1.82) is 0 Å². The van der Waals surface area contributed by atoms with Gasteiger partial charge in [0.15, 0.2) is 5.13 Å². The second kappa shape index (κ2) is 6.94. The molecule has 6 heteroatoms. The van der Waals surface area contributed by atoms with Gasteiger partial charge in [0.1, 0.15) is 0 Å². The van der Waals surface area contributed by atoms with Crippen LogP contribution in [-0.2, 0) is 11.2 Å². The lowest BCUT2D eigenvalue weighted by molar-refractivity contribution is -0.130. The van der Waals surface area contributed by atoms with Gasteiger partial charge in [-0.25, -0.2) is 0 Å². The van der Waals surface area contributed by atoms with Crippen molar-refractivity contribution in [1.82, 2.24) is 9.88 Å². The van der Waals surface area contributed by atoms with E-state index < -0.39 is 0 Å². The van der Waals surface area contributed by atoms with Crippen LogP contribution in [0.15, 0.2) is 0 Å². The molecule has 2 N–H and O–H groups in total. The lowest BCUT2D eigenvalue weighted by Crippen LogP contribution is -2.39. The van der Waals surface area contributed by atoms with E-state index in [0.29, 0.717) is 0 Å². The number of aromatic nitrogens is 1. The minimum atomic E-state index is 0.0528. The molecule has 2 unspecified atom stereocenters. The molecule has 4 saturated carbocycles. The van der Waals surface area contributed by atoms with Crippen molar-refractivity contribution in [3.05, 3.63) is 4.88 Å². The molecule has 1 aromatic rings. The third-order valence-corrected chi connectivity index (χ3v) is 8.50. The summed E-state index contributed by atoms with van der Waals surface area (Å²) >= 11 is 1.49. The molecule has 0 spiro atoms. The number of carbonyl (C=O) groups excluding carboxylic acids is 1. The molecule has 5 aliphatic rings. The van der Waals surface area contributed by atoms with E-state index in [2.05, 4.69) is 10.3 Å². The number of hydrogen-bond donors (Lipinski definition) is 2. The number of carbonyl (C=O) groups is 1. The van der Waals surface area contributed by atoms with Crippen molar-refractivity contribution in [2.75, 3.05) is 18.4 Å². The third kappa shape index (κ3) is 3.34. The molecule has 2 atom stereocenters. The van der Waals surface area contributed by atoms with Crippen molar-refractivity contribution in [2.24, 2.45) is 17.8 Å². The topological polar surface area (TPSA) is 65.5 Å². The van der Waals surface area contributed by atoms with Crippen LogP contribution in [0.4, 0.5) is 5.13 Å². The molecule has 1 aliphatic heterocycles. The monoisotopic (exact) mass is 389 g/mol. The minimum absolute atomic E-state index is 0.0528. The van der Waals surface area contributed by atoms with Gasteiger partial charge in [0.2, 0.25) is 11.8 Å². The maximum atomic E-state index is 12.7. The number of anilines is 1. The first-order valence-corrected chi connectivity index (χ1v) is 11.7. The highest BCUT2D eigenvalue weighted by Crippen LogP contribution is 2.61. The average molecular weight is 390 g/mol. The molecule has 148 valence electrons. The van der Waals surface area contributed by atoms with Crippen molar-refractivity contribution >= 4 is 22.4 Å². The van der Waals surface area contributed by atoms with Crippen molar-refractivity contribution in [3.8, 4) is 5.88 Å². The zero-order valence-corrected chi connectivity index (χ0v) is 16.9. The van der Waals surface area contributed by atoms with E-state index in [1.165, 1.54) is 62.7 Å². The smallest absolute Gasteiger partial charge is 0.228 e. The van der Waals surface area contributed by atoms with Crippen LogP contribution in [0.1, 0.15) is 69.1 Å². The Bertz CT molecular complexity index is 696. The zero-order valence-electron chi connectivity index (χ0n) is 16.1. The van der Waals surface area contributed by atoms with E-state index in [1.807, 2.05) is 4.90 Å². The molecule has 5 fully saturated rings. The predicted molar refractivity (Wildman–Crippen MR) is 107 cm³/mol. The van der Waals surface area contributed by atoms with Gasteiger partial charge < -0.3 is 15.3 Å². The van der Waals surface area contributed by atoms with E-state index in [-0.39, 0.29) is 23.7 Å². The summed E-state index contributed by atoms with van der Waals surface area (Å²) in [6.07, 6.45) is 12.9. The first-order valence-electron chi connectivity index (χ1n) is 10.9. The van der Waals surface area contributed by atoms with Crippen molar-refractivity contribution in [2.45, 2.75) is 76.2 Å². The molecule has 27 heavy (non-hydrogen) atoms. The fourth-order valence-corrected chi connectivity index (χ4v) is 7.42. The van der Waals surface area contributed by atoms with Crippen LogP contribution in [0.25, 0.3) is 0 Å². The first kappa shape index (κ1) is 17.8. The van der Waals surface area contributed by atoms with Gasteiger partial charge in [-0.15, -0.1) is 0 Å². The highest BCUT2D eigenvalue weighted by molar-refractivity contribution is 7.16. The molecule has 4 bridgehead atoms. The molecular weight excluding hydrogens is 358 g/mol. The molecule has 0 aromatic carbocycles. The van der Waals surface area contributed by atoms with Gasteiger partial charge in [0.25, 0.3) is 0 Å². The molecule has 2 heterocycles. The Morgan fingerprint density at radius 3 is 2.48 bits per heavy atom. The maximum absolute atomic E-state index is 12.7. The molecule has 4 aliphatic carbocycles. The van der Waals surface area contributed by atoms with Crippen LogP contribution in [0, 0.1) is 17.8 Å². The zero-order chi connectivity index (χ0) is 18.4. The van der Waals surface area contributed by atoms with Crippen LogP contribution in [0.5, 0.6) is 5.88 Å². The Labute approximate surface area is 165 Å². The van der Waals surface area contributed by atoms with Gasteiger partial charge in [-0.3, -0.25) is 4.79 Å². The third-order valence-electron chi connectivity index (χ3n) is 7.54. The van der Waals surface area contributed by atoms with Crippen LogP contribution in [0.3, 0.4) is 0 Å². The van der Waals surface area contributed by atoms with E-state index in [4.69, 9.17) is 0 Å². The SMILES string of the molecule is O=C(Cc1sc(NC23CC4CC(CC2C4)C3)nc1O)N1CCCCCCC1. The lowest BCUT2D eigenvalue weighted by Gasteiger charge is -2.33. The number of nitrogens with one attached hydrogen (secondary N) is 1. The van der Waals surface area contributed by atoms with Gasteiger partial charge in [-0.05, 0) is 62.7 Å². The molecule has 1 aromatic heterocycles. The normalized spacial score (nSPS) is 35.3. The summed E-state index contributed by atoms with van der Waals surface area (Å²) in [5.41, 5.74) is 0.211. The molecule has 1 saturated heterocycles. The van der Waals surface area contributed by atoms with Crippen LogP contribution in [-0.4, -0.2) is 39.5 Å². The standard InChI is InChI=1S/C21H31N3O2S/c25-18(24-6-4-2-1-3-5-7-24)11-17-19(26)22-20(27-17)23-21-12-14-8-15(13-21)10-16(21)9-14/h14-16,26H,1-13H2,(H,22,23). The second-order valence-electron chi connectivity index (χ2n) is 9.42. The van der Waals surface area contributed by atoms with E-state index in [1.54, 1.807) is 0 Å². The number of nitrogens with zero attached hydrogens (tertiary/aromatic N) is 2. The number of amides is 1. The van der Waals surface area contributed by atoms with Crippen molar-refractivity contribution < 1.29 is 9.90 Å². The summed E-state index contributed by atoms with van der Waals surface area (Å²) in [4.78, 5) is 19.8. The summed E-state index contributed by atoms with van der Waals surface area (Å²) in [6, 6.07) is 0.